The lowest BCUT2D eigenvalue weighted by atomic mass is 10.3. The molecule has 0 unspecified atom stereocenters. The Morgan fingerprint density at radius 3 is 2.43 bits per heavy atom. The fourth-order valence-corrected chi connectivity index (χ4v) is 1.93. The topological polar surface area (TPSA) is 45.5 Å². The summed E-state index contributed by atoms with van der Waals surface area (Å²) < 4.78 is 18.7. The van der Waals surface area contributed by atoms with E-state index in [4.69, 9.17) is 14.2 Å². The monoisotopic (exact) mass is 290 g/mol. The Bertz CT molecular complexity index is 540. The van der Waals surface area contributed by atoms with E-state index in [1.54, 1.807) is 6.20 Å². The third-order valence-corrected chi connectivity index (χ3v) is 2.82. The van der Waals surface area contributed by atoms with Crippen molar-refractivity contribution in [3.8, 4) is 17.2 Å². The van der Waals surface area contributed by atoms with Crippen molar-refractivity contribution in [2.45, 2.75) is 26.8 Å². The fraction of sp³-hybridized carbons (Fsp3) is 0.438. The highest BCUT2D eigenvalue weighted by atomic mass is 16.5. The lowest BCUT2D eigenvalue weighted by molar-refractivity contribution is 0.208. The highest BCUT2D eigenvalue weighted by molar-refractivity contribution is 5.39. The van der Waals surface area contributed by atoms with Crippen molar-refractivity contribution in [1.29, 1.82) is 0 Å². The zero-order chi connectivity index (χ0) is 14.9. The number of ether oxygens (including phenoxy) is 3. The largest absolute Gasteiger partial charge is 0.490 e. The molecule has 0 spiro atoms. The fourth-order valence-electron chi connectivity index (χ4n) is 1.93. The van der Waals surface area contributed by atoms with Crippen molar-refractivity contribution in [2.24, 2.45) is 0 Å². The molecule has 2 aromatic rings. The Labute approximate surface area is 125 Å². The predicted molar refractivity (Wildman–Crippen MR) is 81.1 cm³/mol. The standard InChI is InChI=1S/C16H22N2O3/c1-3-9-18-13-14(12-17-18)20-10-11-21-16-8-6-5-7-15(16)19-4-2/h5-8,12-13H,3-4,9-11H2,1-2H3. The highest BCUT2D eigenvalue weighted by Gasteiger charge is 2.04. The summed E-state index contributed by atoms with van der Waals surface area (Å²) in [5.41, 5.74) is 0. The number of benzene rings is 1. The Morgan fingerprint density at radius 2 is 1.71 bits per heavy atom. The summed E-state index contributed by atoms with van der Waals surface area (Å²) in [6.07, 6.45) is 4.68. The Morgan fingerprint density at radius 1 is 1.00 bits per heavy atom. The van der Waals surface area contributed by atoms with Crippen molar-refractivity contribution in [3.63, 3.8) is 0 Å². The first kappa shape index (κ1) is 15.2. The first-order valence-electron chi connectivity index (χ1n) is 7.33. The lowest BCUT2D eigenvalue weighted by Crippen LogP contribution is -2.09. The molecule has 1 aromatic heterocycles. The lowest BCUT2D eigenvalue weighted by Gasteiger charge is -2.11. The molecule has 0 amide bonds. The van der Waals surface area contributed by atoms with Gasteiger partial charge in [0.2, 0.25) is 0 Å². The maximum atomic E-state index is 5.69. The van der Waals surface area contributed by atoms with Crippen LogP contribution in [0, 0.1) is 0 Å². The Kier molecular flexibility index (Phi) is 5.94. The smallest absolute Gasteiger partial charge is 0.161 e. The van der Waals surface area contributed by atoms with E-state index in [1.165, 1.54) is 0 Å². The SMILES string of the molecule is CCCn1cc(OCCOc2ccccc2OCC)cn1. The average Bonchev–Trinajstić information content (AvgIpc) is 2.93. The van der Waals surface area contributed by atoms with Gasteiger partial charge < -0.3 is 14.2 Å². The van der Waals surface area contributed by atoms with Crippen molar-refractivity contribution in [3.05, 3.63) is 36.7 Å². The second kappa shape index (κ2) is 8.19. The maximum absolute atomic E-state index is 5.69. The van der Waals surface area contributed by atoms with Crippen LogP contribution in [0.1, 0.15) is 20.3 Å². The number of aromatic nitrogens is 2. The third-order valence-electron chi connectivity index (χ3n) is 2.82. The molecule has 1 aromatic carbocycles. The van der Waals surface area contributed by atoms with E-state index in [9.17, 15) is 0 Å². The minimum atomic E-state index is 0.461. The van der Waals surface area contributed by atoms with Gasteiger partial charge in [-0.3, -0.25) is 4.68 Å². The summed E-state index contributed by atoms with van der Waals surface area (Å²) in [5, 5.41) is 4.21. The van der Waals surface area contributed by atoms with E-state index in [-0.39, 0.29) is 0 Å². The van der Waals surface area contributed by atoms with E-state index >= 15 is 0 Å². The van der Waals surface area contributed by atoms with E-state index in [2.05, 4.69) is 12.0 Å². The van der Waals surface area contributed by atoms with Crippen molar-refractivity contribution in [2.75, 3.05) is 19.8 Å². The summed E-state index contributed by atoms with van der Waals surface area (Å²) in [6.45, 7) is 6.52. The van der Waals surface area contributed by atoms with Gasteiger partial charge in [0, 0.05) is 6.54 Å². The van der Waals surface area contributed by atoms with Gasteiger partial charge in [0.1, 0.15) is 13.2 Å². The Hall–Kier alpha value is -2.17. The second-order valence-electron chi connectivity index (χ2n) is 4.52. The molecule has 114 valence electrons. The zero-order valence-corrected chi connectivity index (χ0v) is 12.6. The summed E-state index contributed by atoms with van der Waals surface area (Å²) >= 11 is 0. The van der Waals surface area contributed by atoms with E-state index in [0.29, 0.717) is 19.8 Å². The van der Waals surface area contributed by atoms with Gasteiger partial charge in [-0.05, 0) is 25.5 Å². The number of nitrogens with zero attached hydrogens (tertiary/aromatic N) is 2. The van der Waals surface area contributed by atoms with Gasteiger partial charge in [-0.1, -0.05) is 19.1 Å². The summed E-state index contributed by atoms with van der Waals surface area (Å²) in [4.78, 5) is 0. The first-order valence-corrected chi connectivity index (χ1v) is 7.33. The molecule has 1 heterocycles. The van der Waals surface area contributed by atoms with Crippen LogP contribution in [0.3, 0.4) is 0 Å². The van der Waals surface area contributed by atoms with Gasteiger partial charge in [0.15, 0.2) is 17.2 Å². The van der Waals surface area contributed by atoms with Crippen LogP contribution >= 0.6 is 0 Å². The van der Waals surface area contributed by atoms with Gasteiger partial charge >= 0.3 is 0 Å². The molecule has 0 aliphatic heterocycles. The summed E-state index contributed by atoms with van der Waals surface area (Å²) in [5.74, 6) is 2.27. The van der Waals surface area contributed by atoms with Crippen LogP contribution in [-0.2, 0) is 6.54 Å². The minimum absolute atomic E-state index is 0.461. The van der Waals surface area contributed by atoms with Crippen LogP contribution < -0.4 is 14.2 Å². The molecule has 0 saturated carbocycles. The van der Waals surface area contributed by atoms with E-state index in [1.807, 2.05) is 42.1 Å². The van der Waals surface area contributed by atoms with Crippen LogP contribution in [0.25, 0.3) is 0 Å². The molecule has 0 atom stereocenters. The van der Waals surface area contributed by atoms with E-state index in [0.717, 1.165) is 30.2 Å². The number of hydrogen-bond acceptors (Lipinski definition) is 4. The van der Waals surface area contributed by atoms with Gasteiger partial charge in [0.05, 0.1) is 19.0 Å². The molecule has 0 radical (unpaired) electrons. The molecule has 5 nitrogen and oxygen atoms in total. The molecule has 2 rings (SSSR count). The van der Waals surface area contributed by atoms with Crippen molar-refractivity contribution in [1.82, 2.24) is 9.78 Å². The van der Waals surface area contributed by atoms with Gasteiger partial charge in [-0.25, -0.2) is 0 Å². The van der Waals surface area contributed by atoms with Crippen LogP contribution in [-0.4, -0.2) is 29.6 Å². The molecule has 0 saturated heterocycles. The normalized spacial score (nSPS) is 10.4. The first-order chi connectivity index (χ1) is 10.3. The number of rotatable bonds is 9. The Balaban J connectivity index is 1.76. The molecule has 21 heavy (non-hydrogen) atoms. The minimum Gasteiger partial charge on any atom is -0.490 e. The highest BCUT2D eigenvalue weighted by Crippen LogP contribution is 2.26. The average molecular weight is 290 g/mol. The van der Waals surface area contributed by atoms with Crippen LogP contribution in [0.5, 0.6) is 17.2 Å². The molecule has 5 heteroatoms. The van der Waals surface area contributed by atoms with Crippen LogP contribution in [0.2, 0.25) is 0 Å². The number of aryl methyl sites for hydroxylation is 1. The van der Waals surface area contributed by atoms with Gasteiger partial charge in [-0.2, -0.15) is 5.10 Å². The number of hydrogen-bond donors (Lipinski definition) is 0. The van der Waals surface area contributed by atoms with Crippen LogP contribution in [0.4, 0.5) is 0 Å². The zero-order valence-electron chi connectivity index (χ0n) is 12.6. The van der Waals surface area contributed by atoms with Crippen LogP contribution in [0.15, 0.2) is 36.7 Å². The molecular formula is C16H22N2O3. The summed E-state index contributed by atoms with van der Waals surface area (Å²) in [7, 11) is 0. The van der Waals surface area contributed by atoms with Gasteiger partial charge in [0.25, 0.3) is 0 Å². The molecule has 0 aliphatic carbocycles. The molecule has 0 bridgehead atoms. The number of para-hydroxylation sites is 2. The second-order valence-corrected chi connectivity index (χ2v) is 4.52. The molecule has 0 fully saturated rings. The molecule has 0 N–H and O–H groups in total. The van der Waals surface area contributed by atoms with Crippen molar-refractivity contribution >= 4 is 0 Å². The van der Waals surface area contributed by atoms with E-state index < -0.39 is 0 Å². The maximum Gasteiger partial charge on any atom is 0.161 e. The predicted octanol–water partition coefficient (Wildman–Crippen LogP) is 3.15. The molecular weight excluding hydrogens is 268 g/mol. The third kappa shape index (κ3) is 4.70. The summed E-state index contributed by atoms with van der Waals surface area (Å²) in [6, 6.07) is 7.64. The van der Waals surface area contributed by atoms with Gasteiger partial charge in [-0.15, -0.1) is 0 Å². The quantitative estimate of drug-likeness (QED) is 0.666. The molecule has 0 aliphatic rings. The van der Waals surface area contributed by atoms with Crippen molar-refractivity contribution < 1.29 is 14.2 Å².